The van der Waals surface area contributed by atoms with E-state index in [-0.39, 0.29) is 5.56 Å². The summed E-state index contributed by atoms with van der Waals surface area (Å²) >= 11 is 0. The molecule has 8 heteroatoms. The van der Waals surface area contributed by atoms with Gasteiger partial charge in [0.05, 0.1) is 11.3 Å². The minimum Gasteiger partial charge on any atom is -0.438 e. The predicted octanol–water partition coefficient (Wildman–Crippen LogP) is 4.77. The largest absolute Gasteiger partial charge is 0.438 e. The van der Waals surface area contributed by atoms with E-state index in [1.54, 1.807) is 47.1 Å². The summed E-state index contributed by atoms with van der Waals surface area (Å²) in [7, 11) is 0. The monoisotopic (exact) mass is 417 g/mol. The maximum Gasteiger partial charge on any atom is 0.258 e. The maximum absolute atomic E-state index is 13.7. The van der Waals surface area contributed by atoms with Gasteiger partial charge in [0.1, 0.15) is 11.6 Å². The van der Waals surface area contributed by atoms with E-state index in [0.29, 0.717) is 23.1 Å². The van der Waals surface area contributed by atoms with Gasteiger partial charge in [-0.25, -0.2) is 9.07 Å². The topological polar surface area (TPSA) is 81.9 Å². The van der Waals surface area contributed by atoms with Crippen LogP contribution in [0.25, 0.3) is 5.82 Å². The lowest BCUT2D eigenvalue weighted by Crippen LogP contribution is -2.13. The molecule has 31 heavy (non-hydrogen) atoms. The molecule has 0 aliphatic heterocycles. The smallest absolute Gasteiger partial charge is 0.258 e. The van der Waals surface area contributed by atoms with Crippen molar-refractivity contribution in [2.75, 3.05) is 5.32 Å². The molecule has 0 saturated heterocycles. The van der Waals surface area contributed by atoms with Crippen molar-refractivity contribution >= 4 is 11.6 Å². The van der Waals surface area contributed by atoms with Gasteiger partial charge in [0, 0.05) is 17.4 Å². The molecule has 1 amide bonds. The highest BCUT2D eigenvalue weighted by molar-refractivity contribution is 6.04. The Kier molecular flexibility index (Phi) is 5.44. The van der Waals surface area contributed by atoms with Crippen molar-refractivity contribution in [3.05, 3.63) is 89.0 Å². The summed E-state index contributed by atoms with van der Waals surface area (Å²) in [5.41, 5.74) is 3.57. The summed E-state index contributed by atoms with van der Waals surface area (Å²) < 4.78 is 21.2. The fraction of sp³-hybridized carbons (Fsp3) is 0.130. The first-order valence-corrected chi connectivity index (χ1v) is 9.63. The van der Waals surface area contributed by atoms with E-state index in [1.807, 2.05) is 20.8 Å². The molecule has 2 heterocycles. The Morgan fingerprint density at radius 2 is 1.71 bits per heavy atom. The summed E-state index contributed by atoms with van der Waals surface area (Å²) in [4.78, 5) is 12.2. The fourth-order valence-electron chi connectivity index (χ4n) is 2.99. The van der Waals surface area contributed by atoms with E-state index < -0.39 is 11.7 Å². The Hall–Kier alpha value is -4.07. The van der Waals surface area contributed by atoms with Gasteiger partial charge in [-0.3, -0.25) is 4.79 Å². The summed E-state index contributed by atoms with van der Waals surface area (Å²) in [6.07, 6.45) is 0. The molecule has 7 nitrogen and oxygen atoms in total. The Balaban J connectivity index is 1.42. The molecule has 2 aromatic carbocycles. The van der Waals surface area contributed by atoms with Crippen molar-refractivity contribution in [2.24, 2.45) is 0 Å². The third-order valence-electron chi connectivity index (χ3n) is 4.95. The Bertz CT molecular complexity index is 1230. The van der Waals surface area contributed by atoms with Gasteiger partial charge in [-0.2, -0.15) is 5.10 Å². The summed E-state index contributed by atoms with van der Waals surface area (Å²) in [5, 5.41) is 15.4. The van der Waals surface area contributed by atoms with Crippen molar-refractivity contribution in [1.29, 1.82) is 0 Å². The predicted molar refractivity (Wildman–Crippen MR) is 114 cm³/mol. The first-order valence-electron chi connectivity index (χ1n) is 9.63. The molecule has 1 N–H and O–H groups in total. The van der Waals surface area contributed by atoms with Crippen LogP contribution in [-0.4, -0.2) is 25.9 Å². The minimum atomic E-state index is -0.572. The zero-order valence-corrected chi connectivity index (χ0v) is 17.3. The molecule has 156 valence electrons. The number of ether oxygens (including phenoxy) is 1. The SMILES string of the molecule is Cc1nn(-c2ccc(Oc3ccc(NC(=O)c4ccccc4F)cc3)nn2)c(C)c1C. The van der Waals surface area contributed by atoms with Gasteiger partial charge in [-0.1, -0.05) is 12.1 Å². The van der Waals surface area contributed by atoms with Crippen LogP contribution in [0.5, 0.6) is 11.6 Å². The number of amides is 1. The van der Waals surface area contributed by atoms with E-state index in [0.717, 1.165) is 17.0 Å². The van der Waals surface area contributed by atoms with E-state index in [4.69, 9.17) is 4.74 Å². The molecule has 0 aliphatic carbocycles. The van der Waals surface area contributed by atoms with E-state index in [9.17, 15) is 9.18 Å². The Morgan fingerprint density at radius 3 is 2.32 bits per heavy atom. The van der Waals surface area contributed by atoms with Crippen molar-refractivity contribution in [2.45, 2.75) is 20.8 Å². The molecule has 0 atom stereocenters. The number of carbonyl (C=O) groups excluding carboxylic acids is 1. The average Bonchev–Trinajstić information content (AvgIpc) is 3.03. The number of benzene rings is 2. The summed E-state index contributed by atoms with van der Waals surface area (Å²) in [6, 6.07) is 16.0. The maximum atomic E-state index is 13.7. The van der Waals surface area contributed by atoms with Crippen LogP contribution in [0.1, 0.15) is 27.3 Å². The quantitative estimate of drug-likeness (QED) is 0.506. The lowest BCUT2D eigenvalue weighted by molar-refractivity contribution is 0.102. The van der Waals surface area contributed by atoms with Crippen molar-refractivity contribution < 1.29 is 13.9 Å². The first kappa shape index (κ1) is 20.2. The lowest BCUT2D eigenvalue weighted by Gasteiger charge is -2.08. The summed E-state index contributed by atoms with van der Waals surface area (Å²) in [5.74, 6) is 0.357. The minimum absolute atomic E-state index is 0.0176. The van der Waals surface area contributed by atoms with Gasteiger partial charge in [0.25, 0.3) is 5.91 Å². The number of halogens is 1. The van der Waals surface area contributed by atoms with E-state index in [1.165, 1.54) is 18.2 Å². The fourth-order valence-corrected chi connectivity index (χ4v) is 2.99. The van der Waals surface area contributed by atoms with Crippen LogP contribution >= 0.6 is 0 Å². The second-order valence-electron chi connectivity index (χ2n) is 7.00. The number of aromatic nitrogens is 4. The van der Waals surface area contributed by atoms with Crippen molar-refractivity contribution in [1.82, 2.24) is 20.0 Å². The Labute approximate surface area is 178 Å². The van der Waals surface area contributed by atoms with Crippen LogP contribution in [-0.2, 0) is 0 Å². The highest BCUT2D eigenvalue weighted by Crippen LogP contribution is 2.23. The van der Waals surface area contributed by atoms with Crippen LogP contribution in [0, 0.1) is 26.6 Å². The molecule has 4 rings (SSSR count). The second kappa shape index (κ2) is 8.35. The van der Waals surface area contributed by atoms with Crippen LogP contribution in [0.4, 0.5) is 10.1 Å². The standard InChI is InChI=1S/C23H20FN5O2/c1-14-15(2)28-29(16(14)3)21-12-13-22(27-26-21)31-18-10-8-17(9-11-18)25-23(30)19-6-4-5-7-20(19)24/h4-13H,1-3H3,(H,25,30). The van der Waals surface area contributed by atoms with Crippen LogP contribution in [0.2, 0.25) is 0 Å². The number of rotatable bonds is 5. The van der Waals surface area contributed by atoms with Gasteiger partial charge in [0.2, 0.25) is 5.88 Å². The van der Waals surface area contributed by atoms with Gasteiger partial charge in [0.15, 0.2) is 5.82 Å². The highest BCUT2D eigenvalue weighted by atomic mass is 19.1. The van der Waals surface area contributed by atoms with Gasteiger partial charge in [-0.15, -0.1) is 10.2 Å². The van der Waals surface area contributed by atoms with Gasteiger partial charge in [-0.05, 0) is 68.8 Å². The molecule has 0 unspecified atom stereocenters. The number of aryl methyl sites for hydroxylation is 1. The number of carbonyl (C=O) groups is 1. The molecular formula is C23H20FN5O2. The zero-order valence-electron chi connectivity index (χ0n) is 17.3. The lowest BCUT2D eigenvalue weighted by atomic mass is 10.2. The molecule has 0 saturated carbocycles. The van der Waals surface area contributed by atoms with Gasteiger partial charge >= 0.3 is 0 Å². The molecular weight excluding hydrogens is 397 g/mol. The van der Waals surface area contributed by atoms with Crippen LogP contribution in [0.3, 0.4) is 0 Å². The van der Waals surface area contributed by atoms with E-state index in [2.05, 4.69) is 20.6 Å². The zero-order chi connectivity index (χ0) is 22.0. The number of hydrogen-bond acceptors (Lipinski definition) is 5. The van der Waals surface area contributed by atoms with Crippen molar-refractivity contribution in [3.8, 4) is 17.4 Å². The van der Waals surface area contributed by atoms with Gasteiger partial charge < -0.3 is 10.1 Å². The molecule has 2 aromatic heterocycles. The Morgan fingerprint density at radius 1 is 0.968 bits per heavy atom. The highest BCUT2D eigenvalue weighted by Gasteiger charge is 2.12. The van der Waals surface area contributed by atoms with Crippen LogP contribution in [0.15, 0.2) is 60.7 Å². The third-order valence-corrected chi connectivity index (χ3v) is 4.95. The van der Waals surface area contributed by atoms with E-state index >= 15 is 0 Å². The number of anilines is 1. The molecule has 0 spiro atoms. The molecule has 0 bridgehead atoms. The molecule has 0 fully saturated rings. The molecule has 0 radical (unpaired) electrons. The first-order chi connectivity index (χ1) is 14.9. The molecule has 4 aromatic rings. The number of nitrogens with zero attached hydrogens (tertiary/aromatic N) is 4. The van der Waals surface area contributed by atoms with Crippen molar-refractivity contribution in [3.63, 3.8) is 0 Å². The number of hydrogen-bond donors (Lipinski definition) is 1. The number of nitrogens with one attached hydrogen (secondary N) is 1. The van der Waals surface area contributed by atoms with Crippen LogP contribution < -0.4 is 10.1 Å². The molecule has 0 aliphatic rings. The summed E-state index contributed by atoms with van der Waals surface area (Å²) in [6.45, 7) is 5.95. The third kappa shape index (κ3) is 4.28. The normalized spacial score (nSPS) is 10.7. The second-order valence-corrected chi connectivity index (χ2v) is 7.00. The average molecular weight is 417 g/mol.